The van der Waals surface area contributed by atoms with Crippen LogP contribution in [0.5, 0.6) is 11.5 Å². The molecule has 0 amide bonds. The molecule has 0 bridgehead atoms. The largest absolute Gasteiger partial charge is 0.504 e. The molecule has 19 heavy (non-hydrogen) atoms. The van der Waals surface area contributed by atoms with Gasteiger partial charge >= 0.3 is 0 Å². The summed E-state index contributed by atoms with van der Waals surface area (Å²) < 4.78 is 10.3. The minimum atomic E-state index is 0.0700. The summed E-state index contributed by atoms with van der Waals surface area (Å²) in [6.45, 7) is 0. The van der Waals surface area contributed by atoms with Gasteiger partial charge in [-0.3, -0.25) is 0 Å². The maximum absolute atomic E-state index is 9.76. The third-order valence-corrected chi connectivity index (χ3v) is 3.59. The number of ether oxygens (including phenoxy) is 1. The van der Waals surface area contributed by atoms with Crippen molar-refractivity contribution in [1.29, 1.82) is 0 Å². The second-order valence-corrected chi connectivity index (χ2v) is 4.83. The molecule has 1 fully saturated rings. The third kappa shape index (κ3) is 2.28. The molecule has 0 spiro atoms. The van der Waals surface area contributed by atoms with Gasteiger partial charge in [-0.05, 0) is 31.0 Å². The number of rotatable bonds is 3. The molecule has 1 aliphatic rings. The quantitative estimate of drug-likeness (QED) is 0.918. The summed E-state index contributed by atoms with van der Waals surface area (Å²) in [5.41, 5.74) is 0.704. The highest BCUT2D eigenvalue weighted by Gasteiger charge is 2.22. The number of hydrogen-bond acceptors (Lipinski definition) is 5. The number of benzene rings is 1. The van der Waals surface area contributed by atoms with Crippen molar-refractivity contribution >= 4 is 0 Å². The van der Waals surface area contributed by atoms with Crippen LogP contribution in [0.2, 0.25) is 0 Å². The van der Waals surface area contributed by atoms with E-state index in [2.05, 4.69) is 10.1 Å². The van der Waals surface area contributed by atoms with Gasteiger partial charge in [0.05, 0.1) is 7.11 Å². The van der Waals surface area contributed by atoms with Gasteiger partial charge in [-0.15, -0.1) is 0 Å². The highest BCUT2D eigenvalue weighted by atomic mass is 16.5. The lowest BCUT2D eigenvalue weighted by Crippen LogP contribution is -1.94. The average molecular weight is 260 g/mol. The van der Waals surface area contributed by atoms with Crippen molar-refractivity contribution in [2.45, 2.75) is 31.6 Å². The zero-order valence-electron chi connectivity index (χ0n) is 10.8. The number of hydrogen-bond donors (Lipinski definition) is 1. The lowest BCUT2D eigenvalue weighted by molar-refractivity contribution is 0.373. The third-order valence-electron chi connectivity index (χ3n) is 3.59. The van der Waals surface area contributed by atoms with Gasteiger partial charge < -0.3 is 14.4 Å². The number of phenolic OH excluding ortho intramolecular Hbond substituents is 1. The van der Waals surface area contributed by atoms with Gasteiger partial charge in [-0.1, -0.05) is 18.0 Å². The van der Waals surface area contributed by atoms with Crippen molar-refractivity contribution in [3.8, 4) is 23.0 Å². The molecule has 0 saturated heterocycles. The van der Waals surface area contributed by atoms with Gasteiger partial charge in [0.2, 0.25) is 0 Å². The van der Waals surface area contributed by atoms with Crippen molar-refractivity contribution in [1.82, 2.24) is 10.1 Å². The smallest absolute Gasteiger partial charge is 0.258 e. The Morgan fingerprint density at radius 3 is 2.79 bits per heavy atom. The first-order chi connectivity index (χ1) is 9.28. The second-order valence-electron chi connectivity index (χ2n) is 4.83. The van der Waals surface area contributed by atoms with E-state index in [9.17, 15) is 5.11 Å². The van der Waals surface area contributed by atoms with Crippen LogP contribution < -0.4 is 4.74 Å². The zero-order valence-corrected chi connectivity index (χ0v) is 10.8. The molecule has 5 heteroatoms. The van der Waals surface area contributed by atoms with Gasteiger partial charge in [0.1, 0.15) is 0 Å². The topological polar surface area (TPSA) is 68.4 Å². The predicted molar refractivity (Wildman–Crippen MR) is 69.2 cm³/mol. The molecule has 3 rings (SSSR count). The van der Waals surface area contributed by atoms with Crippen LogP contribution >= 0.6 is 0 Å². The van der Waals surface area contributed by atoms with Gasteiger partial charge in [-0.2, -0.15) is 4.98 Å². The molecule has 1 saturated carbocycles. The molecular weight excluding hydrogens is 244 g/mol. The van der Waals surface area contributed by atoms with E-state index >= 15 is 0 Å². The Bertz CT molecular complexity index is 574. The van der Waals surface area contributed by atoms with E-state index in [1.807, 2.05) is 0 Å². The Morgan fingerprint density at radius 2 is 2.11 bits per heavy atom. The number of methoxy groups -OCH3 is 1. The van der Waals surface area contributed by atoms with Crippen molar-refractivity contribution < 1.29 is 14.4 Å². The number of aromatic hydroxyl groups is 1. The Labute approximate surface area is 111 Å². The fourth-order valence-electron chi connectivity index (χ4n) is 2.52. The summed E-state index contributed by atoms with van der Waals surface area (Å²) in [5, 5.41) is 13.8. The van der Waals surface area contributed by atoms with Gasteiger partial charge in [0.25, 0.3) is 5.89 Å². The van der Waals surface area contributed by atoms with Gasteiger partial charge in [0.15, 0.2) is 17.3 Å². The lowest BCUT2D eigenvalue weighted by atomic mass is 10.1. The fourth-order valence-corrected chi connectivity index (χ4v) is 2.52. The van der Waals surface area contributed by atoms with E-state index in [0.29, 0.717) is 23.1 Å². The summed E-state index contributed by atoms with van der Waals surface area (Å²) in [6.07, 6.45) is 4.73. The van der Waals surface area contributed by atoms with Crippen LogP contribution in [0.3, 0.4) is 0 Å². The molecule has 1 aliphatic carbocycles. The minimum Gasteiger partial charge on any atom is -0.504 e. The number of nitrogens with zero attached hydrogens (tertiary/aromatic N) is 2. The standard InChI is InChI=1S/C14H16N2O3/c1-18-12-7-6-10(8-11(12)17)14-15-13(16-19-14)9-4-2-3-5-9/h6-9,17H,2-5H2,1H3. The monoisotopic (exact) mass is 260 g/mol. The predicted octanol–water partition coefficient (Wildman–Crippen LogP) is 3.11. The molecule has 1 heterocycles. The zero-order chi connectivity index (χ0) is 13.2. The molecule has 2 aromatic rings. The molecule has 0 unspecified atom stereocenters. The lowest BCUT2D eigenvalue weighted by Gasteiger charge is -2.03. The van der Waals surface area contributed by atoms with Crippen molar-refractivity contribution in [3.05, 3.63) is 24.0 Å². The van der Waals surface area contributed by atoms with Crippen molar-refractivity contribution in [2.24, 2.45) is 0 Å². The molecule has 0 atom stereocenters. The Balaban J connectivity index is 1.87. The molecule has 1 N–H and O–H groups in total. The maximum Gasteiger partial charge on any atom is 0.258 e. The summed E-state index contributed by atoms with van der Waals surface area (Å²) >= 11 is 0. The minimum absolute atomic E-state index is 0.0700. The van der Waals surface area contributed by atoms with E-state index in [-0.39, 0.29) is 5.75 Å². The maximum atomic E-state index is 9.76. The Morgan fingerprint density at radius 1 is 1.32 bits per heavy atom. The number of aromatic nitrogens is 2. The van der Waals surface area contributed by atoms with Crippen LogP contribution in [-0.4, -0.2) is 22.4 Å². The SMILES string of the molecule is COc1ccc(-c2nc(C3CCCC3)no2)cc1O. The highest BCUT2D eigenvalue weighted by molar-refractivity contribution is 5.59. The van der Waals surface area contributed by atoms with Crippen LogP contribution in [0.25, 0.3) is 11.5 Å². The normalized spacial score (nSPS) is 15.8. The molecule has 1 aromatic heterocycles. The number of phenols is 1. The first-order valence-corrected chi connectivity index (χ1v) is 6.49. The second kappa shape index (κ2) is 4.91. The van der Waals surface area contributed by atoms with Crippen LogP contribution in [-0.2, 0) is 0 Å². The van der Waals surface area contributed by atoms with Gasteiger partial charge in [0, 0.05) is 11.5 Å². The molecule has 0 aliphatic heterocycles. The molecular formula is C14H16N2O3. The van der Waals surface area contributed by atoms with Crippen LogP contribution in [0.4, 0.5) is 0 Å². The molecule has 100 valence electrons. The van der Waals surface area contributed by atoms with Crippen molar-refractivity contribution in [3.63, 3.8) is 0 Å². The highest BCUT2D eigenvalue weighted by Crippen LogP contribution is 2.34. The summed E-state index contributed by atoms with van der Waals surface area (Å²) in [7, 11) is 1.51. The fraction of sp³-hybridized carbons (Fsp3) is 0.429. The Kier molecular flexibility index (Phi) is 3.11. The average Bonchev–Trinajstić information content (AvgIpc) is 3.09. The van der Waals surface area contributed by atoms with E-state index in [0.717, 1.165) is 18.7 Å². The van der Waals surface area contributed by atoms with Crippen LogP contribution in [0, 0.1) is 0 Å². The molecule has 0 radical (unpaired) electrons. The van der Waals surface area contributed by atoms with E-state index in [1.165, 1.54) is 20.0 Å². The van der Waals surface area contributed by atoms with Crippen LogP contribution in [0.15, 0.2) is 22.7 Å². The summed E-state index contributed by atoms with van der Waals surface area (Å²) in [4.78, 5) is 4.43. The van der Waals surface area contributed by atoms with E-state index in [4.69, 9.17) is 9.26 Å². The molecule has 5 nitrogen and oxygen atoms in total. The van der Waals surface area contributed by atoms with Crippen LogP contribution in [0.1, 0.15) is 37.4 Å². The molecule has 1 aromatic carbocycles. The van der Waals surface area contributed by atoms with E-state index in [1.54, 1.807) is 18.2 Å². The summed E-state index contributed by atoms with van der Waals surface area (Å²) in [6, 6.07) is 5.05. The van der Waals surface area contributed by atoms with Crippen molar-refractivity contribution in [2.75, 3.05) is 7.11 Å². The first-order valence-electron chi connectivity index (χ1n) is 6.49. The first kappa shape index (κ1) is 12.0. The summed E-state index contributed by atoms with van der Waals surface area (Å²) in [5.74, 6) is 2.15. The van der Waals surface area contributed by atoms with E-state index < -0.39 is 0 Å². The Hall–Kier alpha value is -2.04. The van der Waals surface area contributed by atoms with Gasteiger partial charge in [-0.25, -0.2) is 0 Å².